The molecule has 2 aromatic rings. The lowest BCUT2D eigenvalue weighted by Crippen LogP contribution is -2.44. The molecule has 0 aliphatic carbocycles. The molecule has 6 nitrogen and oxygen atoms in total. The average molecular weight is 354 g/mol. The molecule has 2 aliphatic heterocycles. The Kier molecular flexibility index (Phi) is 4.78. The number of nitrogens with zero attached hydrogens (tertiary/aromatic N) is 3. The van der Waals surface area contributed by atoms with Crippen LogP contribution in [0.15, 0.2) is 30.3 Å². The van der Waals surface area contributed by atoms with Gasteiger partial charge in [0, 0.05) is 31.1 Å². The van der Waals surface area contributed by atoms with E-state index in [0.29, 0.717) is 24.8 Å². The molecule has 2 aliphatic rings. The van der Waals surface area contributed by atoms with Crippen LogP contribution >= 0.6 is 0 Å². The molecule has 26 heavy (non-hydrogen) atoms. The highest BCUT2D eigenvalue weighted by Gasteiger charge is 2.34. The van der Waals surface area contributed by atoms with Gasteiger partial charge in [-0.25, -0.2) is 0 Å². The summed E-state index contributed by atoms with van der Waals surface area (Å²) < 4.78 is 5.75. The Morgan fingerprint density at radius 2 is 2.04 bits per heavy atom. The Morgan fingerprint density at radius 1 is 1.23 bits per heavy atom. The number of nitrogens with one attached hydrogen (secondary N) is 1. The number of carbonyl (C=O) groups excluding carboxylic acids is 1. The number of hydrogen-bond donors (Lipinski definition) is 1. The van der Waals surface area contributed by atoms with E-state index in [4.69, 9.17) is 4.74 Å². The minimum absolute atomic E-state index is 0.0288. The number of carbonyl (C=O) groups is 1. The summed E-state index contributed by atoms with van der Waals surface area (Å²) in [5, 5.41) is 7.30. The first-order valence-corrected chi connectivity index (χ1v) is 9.36. The van der Waals surface area contributed by atoms with Crippen LogP contribution in [-0.4, -0.2) is 71.8 Å². The summed E-state index contributed by atoms with van der Waals surface area (Å²) in [5.41, 5.74) is 3.69. The molecule has 0 spiro atoms. The fourth-order valence-electron chi connectivity index (χ4n) is 3.88. The van der Waals surface area contributed by atoms with E-state index in [9.17, 15) is 4.79 Å². The van der Waals surface area contributed by atoms with Gasteiger partial charge in [0.25, 0.3) is 5.91 Å². The van der Waals surface area contributed by atoms with Crippen molar-refractivity contribution in [3.63, 3.8) is 0 Å². The summed E-state index contributed by atoms with van der Waals surface area (Å²) in [5.74, 6) is 0.390. The van der Waals surface area contributed by atoms with Crippen LogP contribution in [0.4, 0.5) is 0 Å². The summed E-state index contributed by atoms with van der Waals surface area (Å²) in [4.78, 5) is 17.3. The highest BCUT2D eigenvalue weighted by molar-refractivity contribution is 5.93. The van der Waals surface area contributed by atoms with E-state index in [0.717, 1.165) is 37.4 Å². The van der Waals surface area contributed by atoms with E-state index in [-0.39, 0.29) is 11.9 Å². The van der Waals surface area contributed by atoms with Gasteiger partial charge < -0.3 is 9.64 Å². The SMILES string of the molecule is CCc1ccc(-c2cc(C(=O)N3C[C@@H]4COC[C@H](C3)N(C)C4)[nH]n2)cc1. The quantitative estimate of drug-likeness (QED) is 0.916. The molecule has 6 heteroatoms. The summed E-state index contributed by atoms with van der Waals surface area (Å²) >= 11 is 0. The summed E-state index contributed by atoms with van der Waals surface area (Å²) in [7, 11) is 2.12. The van der Waals surface area contributed by atoms with Gasteiger partial charge in [0.15, 0.2) is 0 Å². The maximum atomic E-state index is 13.0. The number of hydrogen-bond acceptors (Lipinski definition) is 4. The lowest BCUT2D eigenvalue weighted by atomic mass is 10.1. The fraction of sp³-hybridized carbons (Fsp3) is 0.500. The monoisotopic (exact) mass is 354 g/mol. The van der Waals surface area contributed by atoms with Crippen molar-refractivity contribution < 1.29 is 9.53 Å². The number of amides is 1. The predicted octanol–water partition coefficient (Wildman–Crippen LogP) is 2.04. The van der Waals surface area contributed by atoms with Crippen molar-refractivity contribution >= 4 is 5.91 Å². The van der Waals surface area contributed by atoms with Crippen molar-refractivity contribution in [1.29, 1.82) is 0 Å². The number of aryl methyl sites for hydroxylation is 1. The van der Waals surface area contributed by atoms with E-state index >= 15 is 0 Å². The molecule has 2 bridgehead atoms. The van der Waals surface area contributed by atoms with Crippen LogP contribution in [0.5, 0.6) is 0 Å². The molecule has 4 rings (SSSR count). The van der Waals surface area contributed by atoms with Crippen LogP contribution < -0.4 is 0 Å². The first-order chi connectivity index (χ1) is 12.6. The highest BCUT2D eigenvalue weighted by Crippen LogP contribution is 2.22. The largest absolute Gasteiger partial charge is 0.379 e. The van der Waals surface area contributed by atoms with E-state index < -0.39 is 0 Å². The van der Waals surface area contributed by atoms with Crippen molar-refractivity contribution in [3.8, 4) is 11.3 Å². The van der Waals surface area contributed by atoms with Gasteiger partial charge in [-0.15, -0.1) is 0 Å². The molecule has 1 aromatic heterocycles. The topological polar surface area (TPSA) is 61.5 Å². The zero-order valence-corrected chi connectivity index (χ0v) is 15.4. The molecule has 0 radical (unpaired) electrons. The summed E-state index contributed by atoms with van der Waals surface area (Å²) in [6.45, 7) is 5.97. The van der Waals surface area contributed by atoms with E-state index in [2.05, 4.69) is 53.3 Å². The van der Waals surface area contributed by atoms with Gasteiger partial charge in [-0.2, -0.15) is 5.10 Å². The molecule has 1 aromatic carbocycles. The third kappa shape index (κ3) is 3.39. The second kappa shape index (κ2) is 7.21. The number of rotatable bonds is 3. The van der Waals surface area contributed by atoms with Gasteiger partial charge >= 0.3 is 0 Å². The lowest BCUT2D eigenvalue weighted by molar-refractivity contribution is 0.0430. The number of H-pyrrole nitrogens is 1. The maximum Gasteiger partial charge on any atom is 0.271 e. The number of fused-ring (bicyclic) bond motifs is 3. The van der Waals surface area contributed by atoms with Crippen molar-refractivity contribution in [2.75, 3.05) is 39.9 Å². The van der Waals surface area contributed by atoms with Gasteiger partial charge in [0.1, 0.15) is 5.69 Å². The predicted molar refractivity (Wildman–Crippen MR) is 100 cm³/mol. The van der Waals surface area contributed by atoms with Gasteiger partial charge in [-0.3, -0.25) is 14.8 Å². The Balaban J connectivity index is 1.52. The summed E-state index contributed by atoms with van der Waals surface area (Å²) in [6.07, 6.45) is 1.01. The third-order valence-electron chi connectivity index (χ3n) is 5.50. The van der Waals surface area contributed by atoms with Crippen LogP contribution in [-0.2, 0) is 11.2 Å². The molecule has 1 N–H and O–H groups in total. The van der Waals surface area contributed by atoms with Gasteiger partial charge in [0.05, 0.1) is 24.9 Å². The Bertz CT molecular complexity index is 770. The zero-order chi connectivity index (χ0) is 18.1. The molecule has 2 saturated heterocycles. The standard InChI is InChI=1S/C20H26N4O2/c1-3-14-4-6-16(7-5-14)18-8-19(22-21-18)20(25)24-10-15-9-23(2)17(11-24)13-26-12-15/h4-8,15,17H,3,9-13H2,1-2H3,(H,21,22)/t15-,17+/m1/s1. The van der Waals surface area contributed by atoms with Crippen LogP contribution in [0.3, 0.4) is 0 Å². The first kappa shape index (κ1) is 17.2. The number of aromatic amines is 1. The number of benzene rings is 1. The van der Waals surface area contributed by atoms with Gasteiger partial charge in [0.2, 0.25) is 0 Å². The van der Waals surface area contributed by atoms with Crippen molar-refractivity contribution in [2.45, 2.75) is 19.4 Å². The molecule has 2 fully saturated rings. The Hall–Kier alpha value is -2.18. The number of aromatic nitrogens is 2. The fourth-order valence-corrected chi connectivity index (χ4v) is 3.88. The molecule has 2 atom stereocenters. The van der Waals surface area contributed by atoms with E-state index in [1.165, 1.54) is 5.56 Å². The number of ether oxygens (including phenoxy) is 1. The van der Waals surface area contributed by atoms with E-state index in [1.54, 1.807) is 0 Å². The number of likely N-dealkylation sites (N-methyl/N-ethyl adjacent to an activating group) is 1. The normalized spacial score (nSPS) is 23.7. The molecular formula is C20H26N4O2. The summed E-state index contributed by atoms with van der Waals surface area (Å²) in [6, 6.07) is 10.5. The Morgan fingerprint density at radius 3 is 2.81 bits per heavy atom. The van der Waals surface area contributed by atoms with Crippen molar-refractivity contribution in [2.24, 2.45) is 5.92 Å². The lowest BCUT2D eigenvalue weighted by Gasteiger charge is -2.29. The molecule has 1 amide bonds. The first-order valence-electron chi connectivity index (χ1n) is 9.36. The minimum atomic E-state index is 0.0288. The third-order valence-corrected chi connectivity index (χ3v) is 5.50. The molecule has 0 saturated carbocycles. The van der Waals surface area contributed by atoms with Gasteiger partial charge in [-0.05, 0) is 25.1 Å². The average Bonchev–Trinajstić information content (AvgIpc) is 3.00. The molecule has 0 unspecified atom stereocenters. The smallest absolute Gasteiger partial charge is 0.271 e. The highest BCUT2D eigenvalue weighted by atomic mass is 16.5. The van der Waals surface area contributed by atoms with Gasteiger partial charge in [-0.1, -0.05) is 31.2 Å². The van der Waals surface area contributed by atoms with Crippen LogP contribution in [0.2, 0.25) is 0 Å². The molecule has 138 valence electrons. The van der Waals surface area contributed by atoms with Crippen LogP contribution in [0.25, 0.3) is 11.3 Å². The second-order valence-electron chi connectivity index (χ2n) is 7.42. The molecule has 3 heterocycles. The van der Waals surface area contributed by atoms with Crippen molar-refractivity contribution in [3.05, 3.63) is 41.6 Å². The van der Waals surface area contributed by atoms with Crippen LogP contribution in [0, 0.1) is 5.92 Å². The molecular weight excluding hydrogens is 328 g/mol. The van der Waals surface area contributed by atoms with E-state index in [1.807, 2.05) is 11.0 Å². The maximum absolute atomic E-state index is 13.0. The second-order valence-corrected chi connectivity index (χ2v) is 7.42. The minimum Gasteiger partial charge on any atom is -0.379 e. The zero-order valence-electron chi connectivity index (χ0n) is 15.4. The van der Waals surface area contributed by atoms with Crippen molar-refractivity contribution in [1.82, 2.24) is 20.0 Å². The van der Waals surface area contributed by atoms with Crippen LogP contribution in [0.1, 0.15) is 23.0 Å². The Labute approximate surface area is 154 Å².